The average Bonchev–Trinajstić information content (AvgIpc) is 3.17. The molecule has 2 aromatic carbocycles. The molecule has 0 bridgehead atoms. The number of rotatable bonds is 3. The molecule has 6 heteroatoms. The van der Waals surface area contributed by atoms with E-state index in [0.717, 1.165) is 57.3 Å². The van der Waals surface area contributed by atoms with Crippen molar-refractivity contribution in [1.29, 1.82) is 0 Å². The third kappa shape index (κ3) is 2.95. The number of benzene rings is 2. The van der Waals surface area contributed by atoms with Crippen molar-refractivity contribution in [1.82, 2.24) is 19.5 Å². The summed E-state index contributed by atoms with van der Waals surface area (Å²) in [7, 11) is 0. The van der Waals surface area contributed by atoms with E-state index in [1.54, 1.807) is 0 Å². The molecule has 0 atom stereocenters. The van der Waals surface area contributed by atoms with Crippen molar-refractivity contribution in [2.45, 2.75) is 24.9 Å². The highest BCUT2D eigenvalue weighted by Gasteiger charge is 2.32. The van der Waals surface area contributed by atoms with Gasteiger partial charge in [0.1, 0.15) is 11.8 Å². The van der Waals surface area contributed by atoms with E-state index in [4.69, 9.17) is 10.7 Å². The van der Waals surface area contributed by atoms with Gasteiger partial charge in [0.2, 0.25) is 0 Å². The van der Waals surface area contributed by atoms with Crippen LogP contribution in [-0.2, 0) is 0 Å². The molecule has 6 nitrogen and oxygen atoms in total. The lowest BCUT2D eigenvalue weighted by molar-refractivity contribution is 0.0750. The Hall–Kier alpha value is -3.77. The summed E-state index contributed by atoms with van der Waals surface area (Å²) in [5.41, 5.74) is 12.9. The van der Waals surface area contributed by atoms with Crippen LogP contribution in [0.4, 0.5) is 5.82 Å². The van der Waals surface area contributed by atoms with Gasteiger partial charge in [-0.1, -0.05) is 42.5 Å². The molecule has 1 saturated carbocycles. The highest BCUT2D eigenvalue weighted by molar-refractivity contribution is 5.91. The van der Waals surface area contributed by atoms with Crippen molar-refractivity contribution in [3.63, 3.8) is 0 Å². The minimum atomic E-state index is -0.233. The smallest absolute Gasteiger partial charge is 0.151 e. The van der Waals surface area contributed by atoms with Crippen LogP contribution in [0.1, 0.15) is 24.3 Å². The first-order valence-electron chi connectivity index (χ1n) is 10.4. The second-order valence-electron chi connectivity index (χ2n) is 8.17. The lowest BCUT2D eigenvalue weighted by Crippen LogP contribution is -2.26. The van der Waals surface area contributed by atoms with E-state index < -0.39 is 0 Å². The molecule has 0 saturated heterocycles. The second kappa shape index (κ2) is 6.89. The van der Waals surface area contributed by atoms with Crippen LogP contribution in [-0.4, -0.2) is 30.7 Å². The highest BCUT2D eigenvalue weighted by Crippen LogP contribution is 2.41. The summed E-state index contributed by atoms with van der Waals surface area (Å²) in [6, 6.07) is 20.5. The highest BCUT2D eigenvalue weighted by atomic mass is 16.3. The first-order chi connectivity index (χ1) is 15.2. The third-order valence-corrected chi connectivity index (χ3v) is 6.21. The van der Waals surface area contributed by atoms with Crippen LogP contribution in [0.3, 0.4) is 0 Å². The zero-order chi connectivity index (χ0) is 20.9. The van der Waals surface area contributed by atoms with Gasteiger partial charge in [-0.05, 0) is 37.0 Å². The van der Waals surface area contributed by atoms with E-state index in [0.29, 0.717) is 5.82 Å². The zero-order valence-electron chi connectivity index (χ0n) is 16.8. The van der Waals surface area contributed by atoms with E-state index in [2.05, 4.69) is 57.1 Å². The van der Waals surface area contributed by atoms with Crippen molar-refractivity contribution in [3.8, 4) is 16.9 Å². The molecule has 152 valence electrons. The third-order valence-electron chi connectivity index (χ3n) is 6.21. The molecule has 1 fully saturated rings. The van der Waals surface area contributed by atoms with Gasteiger partial charge < -0.3 is 15.4 Å². The fraction of sp³-hybridized carbons (Fsp3) is 0.160. The molecule has 3 aromatic heterocycles. The minimum absolute atomic E-state index is 0.233. The topological polar surface area (TPSA) is 89.9 Å². The molecule has 5 aromatic rings. The van der Waals surface area contributed by atoms with Crippen LogP contribution in [0, 0.1) is 0 Å². The summed E-state index contributed by atoms with van der Waals surface area (Å²) in [5, 5.41) is 10.9. The number of hydrogen-bond acceptors (Lipinski definition) is 5. The molecular formula is C25H21N5O. The van der Waals surface area contributed by atoms with Crippen molar-refractivity contribution < 1.29 is 5.11 Å². The van der Waals surface area contributed by atoms with Gasteiger partial charge in [-0.25, -0.2) is 15.0 Å². The lowest BCUT2D eigenvalue weighted by atomic mass is 9.78. The summed E-state index contributed by atoms with van der Waals surface area (Å²) in [6.45, 7) is 0. The van der Waals surface area contributed by atoms with E-state index in [1.165, 1.54) is 6.33 Å². The van der Waals surface area contributed by atoms with Crippen LogP contribution in [0.25, 0.3) is 38.9 Å². The molecule has 3 heterocycles. The maximum absolute atomic E-state index is 9.80. The van der Waals surface area contributed by atoms with Gasteiger partial charge in [-0.2, -0.15) is 0 Å². The molecule has 6 rings (SSSR count). The quantitative estimate of drug-likeness (QED) is 0.461. The van der Waals surface area contributed by atoms with Crippen molar-refractivity contribution >= 4 is 27.8 Å². The van der Waals surface area contributed by atoms with E-state index >= 15 is 0 Å². The number of fused-ring (bicyclic) bond motifs is 2. The Morgan fingerprint density at radius 3 is 2.58 bits per heavy atom. The number of nitrogen functional groups attached to an aromatic ring is 1. The Bertz CT molecular complexity index is 1420. The molecule has 1 aliphatic carbocycles. The number of hydrogen-bond donors (Lipinski definition) is 2. The second-order valence-corrected chi connectivity index (χ2v) is 8.17. The average molecular weight is 407 g/mol. The zero-order valence-corrected chi connectivity index (χ0v) is 16.8. The van der Waals surface area contributed by atoms with Gasteiger partial charge in [-0.15, -0.1) is 0 Å². The molecule has 1 aliphatic rings. The Kier molecular flexibility index (Phi) is 4.01. The standard InChI is InChI=1S/C25H21N5O/c26-25-24-23(27-14-28-25)20(17-10-19(31)11-17)13-30(24)18-8-6-16-7-9-21(29-22(16)12-18)15-4-2-1-3-5-15/h1-9,12-14,17,19,31H,10-11H2,(H2,26,27,28). The number of aromatic nitrogens is 4. The van der Waals surface area contributed by atoms with Crippen molar-refractivity contribution in [2.24, 2.45) is 0 Å². The number of aliphatic hydroxyl groups is 1. The van der Waals surface area contributed by atoms with Crippen LogP contribution in [0.2, 0.25) is 0 Å². The number of anilines is 1. The van der Waals surface area contributed by atoms with Crippen LogP contribution >= 0.6 is 0 Å². The predicted molar refractivity (Wildman–Crippen MR) is 122 cm³/mol. The fourth-order valence-corrected chi connectivity index (χ4v) is 4.48. The molecule has 31 heavy (non-hydrogen) atoms. The normalized spacial score (nSPS) is 18.4. The van der Waals surface area contributed by atoms with Gasteiger partial charge in [0.15, 0.2) is 5.82 Å². The summed E-state index contributed by atoms with van der Waals surface area (Å²) in [5.74, 6) is 0.735. The first kappa shape index (κ1) is 18.0. The monoisotopic (exact) mass is 407 g/mol. The summed E-state index contributed by atoms with van der Waals surface area (Å²) in [6.07, 6.45) is 4.87. The molecule has 3 N–H and O–H groups in total. The summed E-state index contributed by atoms with van der Waals surface area (Å²) in [4.78, 5) is 13.6. The van der Waals surface area contributed by atoms with E-state index in [1.807, 2.05) is 24.3 Å². The Balaban J connectivity index is 1.51. The SMILES string of the molecule is Nc1ncnc2c(C3CC(O)C3)cn(-c3ccc4ccc(-c5ccccc5)nc4c3)c12. The van der Waals surface area contributed by atoms with Gasteiger partial charge in [-0.3, -0.25) is 0 Å². The Morgan fingerprint density at radius 2 is 1.77 bits per heavy atom. The van der Waals surface area contributed by atoms with Crippen molar-refractivity contribution in [3.05, 3.63) is 78.8 Å². The molecule has 0 unspecified atom stereocenters. The van der Waals surface area contributed by atoms with Crippen LogP contribution in [0.15, 0.2) is 73.2 Å². The molecule has 0 amide bonds. The summed E-state index contributed by atoms with van der Waals surface area (Å²) < 4.78 is 2.06. The number of pyridine rings is 1. The molecule has 0 spiro atoms. The largest absolute Gasteiger partial charge is 0.393 e. The van der Waals surface area contributed by atoms with Gasteiger partial charge in [0.05, 0.1) is 22.8 Å². The first-order valence-corrected chi connectivity index (χ1v) is 10.4. The Morgan fingerprint density at radius 1 is 0.968 bits per heavy atom. The van der Waals surface area contributed by atoms with E-state index in [-0.39, 0.29) is 12.0 Å². The van der Waals surface area contributed by atoms with E-state index in [9.17, 15) is 5.11 Å². The molecular weight excluding hydrogens is 386 g/mol. The maximum Gasteiger partial charge on any atom is 0.151 e. The molecule has 0 radical (unpaired) electrons. The number of nitrogens with zero attached hydrogens (tertiary/aromatic N) is 4. The van der Waals surface area contributed by atoms with Gasteiger partial charge >= 0.3 is 0 Å². The number of nitrogens with two attached hydrogens (primary N) is 1. The van der Waals surface area contributed by atoms with Gasteiger partial charge in [0.25, 0.3) is 0 Å². The minimum Gasteiger partial charge on any atom is -0.393 e. The Labute approximate surface area is 179 Å². The summed E-state index contributed by atoms with van der Waals surface area (Å²) >= 11 is 0. The lowest BCUT2D eigenvalue weighted by Gasteiger charge is -2.30. The van der Waals surface area contributed by atoms with Crippen molar-refractivity contribution in [2.75, 3.05) is 5.73 Å². The predicted octanol–water partition coefficient (Wildman–Crippen LogP) is 4.46. The van der Waals surface area contributed by atoms with Gasteiger partial charge in [0, 0.05) is 28.4 Å². The van der Waals surface area contributed by atoms with Crippen LogP contribution < -0.4 is 5.73 Å². The molecule has 0 aliphatic heterocycles. The van der Waals surface area contributed by atoms with Crippen LogP contribution in [0.5, 0.6) is 0 Å². The number of aliphatic hydroxyl groups excluding tert-OH is 1. The maximum atomic E-state index is 9.80. The fourth-order valence-electron chi connectivity index (χ4n) is 4.48.